The van der Waals surface area contributed by atoms with Crippen molar-refractivity contribution in [2.75, 3.05) is 33.0 Å². The fraction of sp³-hybridized carbons (Fsp3) is 0.793. The molecular weight excluding hydrogens is 1140 g/mol. The van der Waals surface area contributed by atoms with Gasteiger partial charge in [-0.1, -0.05) is 66.8 Å². The number of ether oxygens (including phenoxy) is 16. The Labute approximate surface area is 493 Å². The van der Waals surface area contributed by atoms with Crippen LogP contribution < -0.4 is 5.11 Å². The highest BCUT2D eigenvalue weighted by atomic mass is 32.3. The molecule has 0 bridgehead atoms. The number of benzene rings is 2. The van der Waals surface area contributed by atoms with Crippen molar-refractivity contribution in [1.29, 1.82) is 0 Å². The maximum atomic E-state index is 13.9. The Hall–Kier alpha value is -2.75. The van der Waals surface area contributed by atoms with Crippen LogP contribution in [0.1, 0.15) is 132 Å². The van der Waals surface area contributed by atoms with Crippen LogP contribution in [0.15, 0.2) is 60.7 Å². The lowest BCUT2D eigenvalue weighted by Gasteiger charge is -2.48. The average Bonchev–Trinajstić information content (AvgIpc) is 2.32. The first-order chi connectivity index (χ1) is 39.3. The Balaban J connectivity index is 0.000000146. The van der Waals surface area contributed by atoms with Crippen LogP contribution in [-0.4, -0.2) is 174 Å². The zero-order valence-electron chi connectivity index (χ0n) is 49.7. The average molecular weight is 1230 g/mol. The van der Waals surface area contributed by atoms with Crippen molar-refractivity contribution < 1.29 is 110 Å². The highest BCUT2D eigenvalue weighted by Gasteiger charge is 2.60. The predicted octanol–water partition coefficient (Wildman–Crippen LogP) is 5.39. The lowest BCUT2D eigenvalue weighted by molar-refractivity contribution is -0.497. The fourth-order valence-electron chi connectivity index (χ4n) is 13.4. The molecule has 84 heavy (non-hydrogen) atoms. The first-order valence-corrected chi connectivity index (χ1v) is 31.4. The van der Waals surface area contributed by atoms with E-state index in [-0.39, 0.29) is 61.7 Å². The van der Waals surface area contributed by atoms with Crippen molar-refractivity contribution in [3.8, 4) is 0 Å². The van der Waals surface area contributed by atoms with Gasteiger partial charge in [-0.15, -0.1) is 12.6 Å². The van der Waals surface area contributed by atoms with Crippen molar-refractivity contribution in [3.05, 3.63) is 71.8 Å². The number of hydrogen-bond donors (Lipinski definition) is 0. The zero-order valence-corrected chi connectivity index (χ0v) is 51.4. The summed E-state index contributed by atoms with van der Waals surface area (Å²) in [5.41, 5.74) is 1.69. The maximum absolute atomic E-state index is 13.9. The largest absolute Gasteiger partial charge is 0.848 e. The van der Waals surface area contributed by atoms with Gasteiger partial charge in [0.2, 0.25) is 0 Å². The van der Waals surface area contributed by atoms with E-state index in [4.69, 9.17) is 96.8 Å². The summed E-state index contributed by atoms with van der Waals surface area (Å²) in [5, 5.41) is 13.9. The molecule has 2 unspecified atom stereocenters. The standard InChI is InChI=1S/C29H41O9.C16H20O8S.C13H22O4.O3S/c1-27(2)31-14-20(36-27)22-17(13-19-24(22)38-29(5,6)35-19)12-18-23(30)25(21-15-32-28(3,4)37-21)34-26(33-18)16-10-8-7-9-11-16;1-16(2)19-8-12(23-16)13-14-11(9-20-25(17,18)24-14)21-15(22-13)10-6-4-3-5-7-10;1-12(2)14-7-10(16-12)8-5-6-9-11(8)17-13(3,4)15-9;1-4(2)3/h7-11,17-26H,12-15H2,1-6H3;3-7,11-15H,8-9H2,1-2H3;8-11H,5-7H2,1-4H3;/q-1;;;/t17-,18-,19+,20+,21+,22-,23+,24+,25+,26?;11-,12+,13+,14+,15?;8-,9+,10+,11-;/m000./s1. The third-order valence-corrected chi connectivity index (χ3v) is 17.6. The summed E-state index contributed by atoms with van der Waals surface area (Å²) in [6.07, 6.45) is -3.18. The van der Waals surface area contributed by atoms with Crippen molar-refractivity contribution in [3.63, 3.8) is 0 Å². The molecule has 11 fully saturated rings. The second-order valence-electron chi connectivity index (χ2n) is 25.8. The molecule has 2 aliphatic carbocycles. The monoisotopic (exact) mass is 1230 g/mol. The highest BCUT2D eigenvalue weighted by Crippen LogP contribution is 2.52. The smallest absolute Gasteiger partial charge is 0.425 e. The second-order valence-corrected chi connectivity index (χ2v) is 27.4. The molecule has 13 rings (SSSR count). The van der Waals surface area contributed by atoms with Crippen LogP contribution in [0.2, 0.25) is 0 Å². The summed E-state index contributed by atoms with van der Waals surface area (Å²) in [6.45, 7) is 24.5. The molecule has 2 aromatic rings. The van der Waals surface area contributed by atoms with Crippen LogP contribution in [0, 0.1) is 17.8 Å². The highest BCUT2D eigenvalue weighted by molar-refractivity contribution is 7.81. The van der Waals surface area contributed by atoms with Gasteiger partial charge in [0.1, 0.15) is 30.5 Å². The summed E-state index contributed by atoms with van der Waals surface area (Å²) < 4.78 is 155. The third kappa shape index (κ3) is 15.4. The molecule has 2 aromatic carbocycles. The Morgan fingerprint density at radius 3 is 1.44 bits per heavy atom. The van der Waals surface area contributed by atoms with E-state index in [2.05, 4.69) is 0 Å². The fourth-order valence-corrected chi connectivity index (χ4v) is 14.3. The van der Waals surface area contributed by atoms with E-state index in [1.807, 2.05) is 130 Å². The molecule has 0 amide bonds. The summed E-state index contributed by atoms with van der Waals surface area (Å²) in [7, 11) is -7.19. The van der Waals surface area contributed by atoms with Gasteiger partial charge in [-0.3, -0.25) is 0 Å². The minimum Gasteiger partial charge on any atom is -0.848 e. The molecule has 0 N–H and O–H groups in total. The minimum atomic E-state index is -4.08. The SMILES string of the molecule is CC1(C)OC[C@H]([C@@H]2CC[C@H]3OC(C)(C)O[C@@H]23)O1.CC1(C)OC[C@H]([C@H]2OC(c3ccccc3)O[C@@H](C[C@H]3C[C@H]4OC(C)(C)O[C@H]4[C@@H]3[C@H]3COC(C)(C)O3)[C@H]2[O-])O1.CC1(C)OC[C@H]([C@H]2OC(c3ccccc3)O[C@H]3COS(=O)(=O)O[C@@H]23)O1.O=S(=O)=O. The van der Waals surface area contributed by atoms with Gasteiger partial charge in [0, 0.05) is 23.0 Å². The van der Waals surface area contributed by atoms with Gasteiger partial charge >= 0.3 is 21.0 Å². The van der Waals surface area contributed by atoms with Gasteiger partial charge in [-0.2, -0.15) is 8.42 Å². The van der Waals surface area contributed by atoms with Crippen LogP contribution in [0.4, 0.5) is 0 Å². The van der Waals surface area contributed by atoms with Gasteiger partial charge in [0.05, 0.1) is 81.9 Å². The third-order valence-electron chi connectivity index (χ3n) is 16.7. The van der Waals surface area contributed by atoms with Crippen molar-refractivity contribution in [2.45, 2.75) is 242 Å². The molecule has 0 spiro atoms. The van der Waals surface area contributed by atoms with E-state index in [1.54, 1.807) is 13.8 Å². The van der Waals surface area contributed by atoms with Gasteiger partial charge in [0.25, 0.3) is 0 Å². The van der Waals surface area contributed by atoms with E-state index < -0.39 is 117 Å². The van der Waals surface area contributed by atoms with Crippen molar-refractivity contribution in [2.24, 2.45) is 17.8 Å². The number of hydrogen-bond acceptors (Lipinski definition) is 24. The Morgan fingerprint density at radius 2 is 0.917 bits per heavy atom. The van der Waals surface area contributed by atoms with E-state index in [0.717, 1.165) is 30.4 Å². The normalized spacial score (nSPS) is 42.2. The zero-order chi connectivity index (χ0) is 60.4. The second kappa shape index (κ2) is 24.9. The summed E-state index contributed by atoms with van der Waals surface area (Å²) >= 11 is 0. The Morgan fingerprint density at radius 1 is 0.464 bits per heavy atom. The van der Waals surface area contributed by atoms with E-state index >= 15 is 0 Å². The topological polar surface area (TPSA) is 275 Å². The summed E-state index contributed by atoms with van der Waals surface area (Å²) in [5.74, 6) is -3.21. The van der Waals surface area contributed by atoms with Crippen LogP contribution in [0.3, 0.4) is 0 Å². The van der Waals surface area contributed by atoms with Crippen molar-refractivity contribution >= 4 is 21.0 Å². The Kier molecular flexibility index (Phi) is 19.0. The molecule has 0 aromatic heterocycles. The first-order valence-electron chi connectivity index (χ1n) is 29.0. The van der Waals surface area contributed by atoms with Gasteiger partial charge in [0.15, 0.2) is 47.3 Å². The van der Waals surface area contributed by atoms with Crippen LogP contribution in [-0.2, 0) is 105 Å². The molecule has 26 heteroatoms. The molecule has 472 valence electrons. The lowest BCUT2D eigenvalue weighted by Crippen LogP contribution is -2.60. The maximum Gasteiger partial charge on any atom is 0.425 e. The Bertz CT molecular complexity index is 2760. The van der Waals surface area contributed by atoms with E-state index in [9.17, 15) is 13.5 Å². The number of fused-ring (bicyclic) bond motifs is 3. The van der Waals surface area contributed by atoms with Gasteiger partial charge < -0.3 is 80.9 Å². The van der Waals surface area contributed by atoms with Crippen LogP contribution in [0.5, 0.6) is 0 Å². The predicted molar refractivity (Wildman–Crippen MR) is 287 cm³/mol. The molecule has 9 aliphatic heterocycles. The molecular formula is C58H83O24S2-. The molecule has 24 nitrogen and oxygen atoms in total. The molecule has 9 heterocycles. The van der Waals surface area contributed by atoms with Crippen LogP contribution >= 0.6 is 0 Å². The van der Waals surface area contributed by atoms with E-state index in [0.29, 0.717) is 32.2 Å². The van der Waals surface area contributed by atoms with E-state index in [1.165, 1.54) is 0 Å². The summed E-state index contributed by atoms with van der Waals surface area (Å²) in [6, 6.07) is 19.1. The number of rotatable bonds is 8. The minimum absolute atomic E-state index is 0.0146. The van der Waals surface area contributed by atoms with Gasteiger partial charge in [-0.25, -0.2) is 8.37 Å². The molecule has 9 saturated heterocycles. The summed E-state index contributed by atoms with van der Waals surface area (Å²) in [4.78, 5) is 0. The first kappa shape index (κ1) is 64.2. The molecule has 0 radical (unpaired) electrons. The molecule has 11 aliphatic rings. The van der Waals surface area contributed by atoms with Crippen LogP contribution in [0.25, 0.3) is 0 Å². The lowest BCUT2D eigenvalue weighted by atomic mass is 9.83. The molecule has 2 saturated carbocycles. The van der Waals surface area contributed by atoms with Gasteiger partial charge in [-0.05, 0) is 115 Å². The quantitative estimate of drug-likeness (QED) is 0.320. The van der Waals surface area contributed by atoms with Crippen molar-refractivity contribution in [1.82, 2.24) is 0 Å². The molecule has 19 atom stereocenters.